The molecule has 0 bridgehead atoms. The summed E-state index contributed by atoms with van der Waals surface area (Å²) in [5.74, 6) is -1.07. The summed E-state index contributed by atoms with van der Waals surface area (Å²) < 4.78 is 11.4. The molecule has 3 fully saturated rings. The fraction of sp³-hybridized carbons (Fsp3) is 0.545. The first-order chi connectivity index (χ1) is 21.3. The van der Waals surface area contributed by atoms with Crippen LogP contribution in [0.25, 0.3) is 0 Å². The maximum atomic E-state index is 13.8. The maximum Gasteiger partial charge on any atom is 0.253 e. The summed E-state index contributed by atoms with van der Waals surface area (Å²) in [6.07, 6.45) is 4.49. The van der Waals surface area contributed by atoms with Crippen LogP contribution in [0.2, 0.25) is 5.02 Å². The van der Waals surface area contributed by atoms with E-state index in [9.17, 15) is 19.5 Å². The second-order valence-corrected chi connectivity index (χ2v) is 12.5. The van der Waals surface area contributed by atoms with E-state index in [1.807, 2.05) is 12.1 Å². The minimum absolute atomic E-state index is 0.0612. The molecule has 1 saturated carbocycles. The lowest BCUT2D eigenvalue weighted by molar-refractivity contribution is -0.126. The van der Waals surface area contributed by atoms with Crippen molar-refractivity contribution in [2.24, 2.45) is 11.8 Å². The molecule has 3 aliphatic rings. The molecule has 2 aromatic carbocycles. The molecule has 4 atom stereocenters. The molecule has 2 unspecified atom stereocenters. The lowest BCUT2D eigenvalue weighted by Crippen LogP contribution is -2.41. The van der Waals surface area contributed by atoms with Crippen molar-refractivity contribution in [3.05, 3.63) is 53.6 Å². The average molecular weight is 627 g/mol. The molecule has 2 saturated heterocycles. The summed E-state index contributed by atoms with van der Waals surface area (Å²) in [5.41, 5.74) is 2.02. The molecule has 2 aliphatic heterocycles. The van der Waals surface area contributed by atoms with Crippen LogP contribution < -0.4 is 15.5 Å². The predicted molar refractivity (Wildman–Crippen MR) is 170 cm³/mol. The van der Waals surface area contributed by atoms with Gasteiger partial charge >= 0.3 is 0 Å². The number of carbonyl (C=O) groups is 3. The minimum Gasteiger partial charge on any atom is -0.389 e. The van der Waals surface area contributed by atoms with Gasteiger partial charge in [-0.05, 0) is 99.6 Å². The van der Waals surface area contributed by atoms with Gasteiger partial charge in [-0.15, -0.1) is 0 Å². The molecule has 3 amide bonds. The van der Waals surface area contributed by atoms with Crippen LogP contribution in [0.1, 0.15) is 44.9 Å². The normalized spacial score (nSPS) is 23.6. The SMILES string of the molecule is O=C(CC1CCC[C@H](OCC(O)CN2CCCC2)C[C@@H]1C(=O)Nc1ccc(N2CCOCC2=O)cc1)Nc1ccc(Cl)cc1. The Kier molecular flexibility index (Phi) is 11.6. The van der Waals surface area contributed by atoms with Crippen molar-refractivity contribution in [2.45, 2.75) is 57.2 Å². The summed E-state index contributed by atoms with van der Waals surface area (Å²) >= 11 is 5.99. The van der Waals surface area contributed by atoms with Crippen molar-refractivity contribution < 1.29 is 29.0 Å². The Bertz CT molecular complexity index is 1250. The number of morpholine rings is 1. The number of nitrogens with one attached hydrogen (secondary N) is 2. The van der Waals surface area contributed by atoms with Crippen molar-refractivity contribution in [1.29, 1.82) is 0 Å². The highest BCUT2D eigenvalue weighted by Crippen LogP contribution is 2.34. The number of anilines is 3. The molecule has 3 N–H and O–H groups in total. The quantitative estimate of drug-likeness (QED) is 0.318. The number of carbonyl (C=O) groups excluding carboxylic acids is 3. The van der Waals surface area contributed by atoms with E-state index >= 15 is 0 Å². The van der Waals surface area contributed by atoms with Crippen molar-refractivity contribution in [3.8, 4) is 0 Å². The van der Waals surface area contributed by atoms with E-state index in [0.717, 1.165) is 44.5 Å². The van der Waals surface area contributed by atoms with E-state index in [0.29, 0.717) is 48.9 Å². The molecule has 238 valence electrons. The second kappa shape index (κ2) is 15.8. The Morgan fingerprint density at radius 2 is 1.68 bits per heavy atom. The summed E-state index contributed by atoms with van der Waals surface area (Å²) in [5, 5.41) is 17.2. The number of ether oxygens (including phenoxy) is 2. The minimum atomic E-state index is -0.582. The molecule has 5 rings (SSSR count). The van der Waals surface area contributed by atoms with Gasteiger partial charge in [-0.1, -0.05) is 18.0 Å². The van der Waals surface area contributed by atoms with Crippen molar-refractivity contribution in [1.82, 2.24) is 4.90 Å². The molecule has 11 heteroatoms. The van der Waals surface area contributed by atoms with Crippen LogP contribution in [0.15, 0.2) is 48.5 Å². The zero-order valence-corrected chi connectivity index (χ0v) is 25.8. The van der Waals surface area contributed by atoms with Crippen LogP contribution in [0.3, 0.4) is 0 Å². The summed E-state index contributed by atoms with van der Waals surface area (Å²) in [6, 6.07) is 14.2. The maximum absolute atomic E-state index is 13.8. The first-order valence-corrected chi connectivity index (χ1v) is 16.1. The molecule has 0 aromatic heterocycles. The number of aliphatic hydroxyl groups is 1. The molecule has 2 heterocycles. The van der Waals surface area contributed by atoms with Gasteiger partial charge in [-0.2, -0.15) is 0 Å². The number of rotatable bonds is 11. The Hall–Kier alpha value is -3.02. The summed E-state index contributed by atoms with van der Waals surface area (Å²) in [4.78, 5) is 43.1. The number of nitrogens with zero attached hydrogens (tertiary/aromatic N) is 2. The number of β-amino-alcohol motifs (C(OH)–C–C–N with tert-alkyl or cyclic N) is 1. The molecule has 2 aromatic rings. The van der Waals surface area contributed by atoms with Crippen LogP contribution in [0.4, 0.5) is 17.1 Å². The van der Waals surface area contributed by atoms with Crippen LogP contribution in [0, 0.1) is 11.8 Å². The van der Waals surface area contributed by atoms with E-state index in [1.165, 1.54) is 0 Å². The third-order valence-corrected chi connectivity index (χ3v) is 8.98. The molecule has 0 radical (unpaired) electrons. The molecular weight excluding hydrogens is 584 g/mol. The third-order valence-electron chi connectivity index (χ3n) is 8.72. The number of hydrogen-bond donors (Lipinski definition) is 3. The number of amides is 3. The van der Waals surface area contributed by atoms with Crippen LogP contribution in [0.5, 0.6) is 0 Å². The molecule has 0 spiro atoms. The lowest BCUT2D eigenvalue weighted by Gasteiger charge is -2.28. The van der Waals surface area contributed by atoms with Crippen LogP contribution in [-0.4, -0.2) is 85.9 Å². The number of likely N-dealkylation sites (tertiary alicyclic amines) is 1. The van der Waals surface area contributed by atoms with Crippen molar-refractivity contribution in [3.63, 3.8) is 0 Å². The standard InChI is InChI=1S/C33H43ClN4O6/c34-24-6-8-25(9-7-24)35-31(40)18-23-4-3-5-29(44-21-28(39)20-37-14-1-2-15-37)19-30(23)33(42)36-26-10-12-27(13-11-26)38-16-17-43-22-32(38)41/h6-13,23,28-30,39H,1-5,14-22H2,(H,35,40)(H,36,42)/t23?,28?,29-,30-/m0/s1. The van der Waals surface area contributed by atoms with E-state index in [2.05, 4.69) is 15.5 Å². The number of aliphatic hydroxyl groups excluding tert-OH is 1. The Morgan fingerprint density at radius 3 is 2.41 bits per heavy atom. The Morgan fingerprint density at radius 1 is 0.977 bits per heavy atom. The van der Waals surface area contributed by atoms with E-state index in [-0.39, 0.29) is 49.4 Å². The second-order valence-electron chi connectivity index (χ2n) is 12.0. The number of halogens is 1. The highest BCUT2D eigenvalue weighted by molar-refractivity contribution is 6.30. The van der Waals surface area contributed by atoms with Gasteiger partial charge in [0.15, 0.2) is 0 Å². The number of benzene rings is 2. The van der Waals surface area contributed by atoms with Gasteiger partial charge in [0.2, 0.25) is 11.8 Å². The number of hydrogen-bond acceptors (Lipinski definition) is 7. The van der Waals surface area contributed by atoms with Gasteiger partial charge in [0.05, 0.1) is 25.4 Å². The van der Waals surface area contributed by atoms with Gasteiger partial charge < -0.3 is 35.0 Å². The smallest absolute Gasteiger partial charge is 0.253 e. The first-order valence-electron chi connectivity index (χ1n) is 15.7. The van der Waals surface area contributed by atoms with Crippen LogP contribution in [-0.2, 0) is 23.9 Å². The molecule has 44 heavy (non-hydrogen) atoms. The van der Waals surface area contributed by atoms with E-state index in [4.69, 9.17) is 21.1 Å². The van der Waals surface area contributed by atoms with Crippen LogP contribution >= 0.6 is 11.6 Å². The summed E-state index contributed by atoms with van der Waals surface area (Å²) in [6.45, 7) is 3.86. The van der Waals surface area contributed by atoms with Gasteiger partial charge in [0.25, 0.3) is 5.91 Å². The van der Waals surface area contributed by atoms with Crippen molar-refractivity contribution in [2.75, 3.05) is 61.5 Å². The third kappa shape index (κ3) is 9.25. The van der Waals surface area contributed by atoms with E-state index < -0.39 is 12.0 Å². The van der Waals surface area contributed by atoms with Gasteiger partial charge in [0, 0.05) is 47.5 Å². The van der Waals surface area contributed by atoms with Gasteiger partial charge in [0.1, 0.15) is 6.61 Å². The zero-order valence-electron chi connectivity index (χ0n) is 25.1. The average Bonchev–Trinajstić information content (AvgIpc) is 3.44. The zero-order chi connectivity index (χ0) is 30.9. The highest BCUT2D eigenvalue weighted by Gasteiger charge is 2.35. The monoisotopic (exact) mass is 626 g/mol. The topological polar surface area (TPSA) is 120 Å². The van der Waals surface area contributed by atoms with E-state index in [1.54, 1.807) is 41.3 Å². The first kappa shape index (κ1) is 32.4. The lowest BCUT2D eigenvalue weighted by atomic mass is 9.84. The fourth-order valence-electron chi connectivity index (χ4n) is 6.42. The largest absolute Gasteiger partial charge is 0.389 e. The molecular formula is C33H43ClN4O6. The Labute approximate surface area is 264 Å². The molecule has 1 aliphatic carbocycles. The van der Waals surface area contributed by atoms with Crippen molar-refractivity contribution >= 4 is 46.4 Å². The van der Waals surface area contributed by atoms with Gasteiger partial charge in [-0.25, -0.2) is 0 Å². The predicted octanol–water partition coefficient (Wildman–Crippen LogP) is 4.32. The molecule has 10 nitrogen and oxygen atoms in total. The van der Waals surface area contributed by atoms with Gasteiger partial charge in [-0.3, -0.25) is 14.4 Å². The Balaban J connectivity index is 1.24. The highest BCUT2D eigenvalue weighted by atomic mass is 35.5. The fourth-order valence-corrected chi connectivity index (χ4v) is 6.54. The summed E-state index contributed by atoms with van der Waals surface area (Å²) in [7, 11) is 0.